The van der Waals surface area contributed by atoms with Crippen LogP contribution in [0.1, 0.15) is 41.8 Å². The van der Waals surface area contributed by atoms with Crippen LogP contribution in [0.2, 0.25) is 0 Å². The molecule has 0 radical (unpaired) electrons. The van der Waals surface area contributed by atoms with Crippen molar-refractivity contribution in [1.82, 2.24) is 9.88 Å². The number of anilines is 1. The molecule has 0 aliphatic heterocycles. The molecule has 28 heavy (non-hydrogen) atoms. The summed E-state index contributed by atoms with van der Waals surface area (Å²) >= 11 is 1.86. The van der Waals surface area contributed by atoms with Crippen molar-refractivity contribution in [2.75, 3.05) is 12.4 Å². The van der Waals surface area contributed by atoms with E-state index >= 15 is 0 Å². The minimum Gasteiger partial charge on any atom is -0.497 e. The molecule has 2 amide bonds. The molecule has 0 fully saturated rings. The maximum atomic E-state index is 12.6. The summed E-state index contributed by atoms with van der Waals surface area (Å²) in [6.45, 7) is 2.06. The van der Waals surface area contributed by atoms with Crippen LogP contribution in [0.4, 0.5) is 10.5 Å². The van der Waals surface area contributed by atoms with E-state index in [1.165, 1.54) is 33.8 Å². The number of urea groups is 1. The standard InChI is InChI=1S/C22H25N3O2S/c1-15(23-22(26)24-16-8-7-9-17(14-16)27-2)20-18-10-3-4-11-19(18)28-21(20)25-12-5-6-13-25/h5-9,12-15H,3-4,10-11H2,1-2H3,(H2,23,24,26)/t15-/m1/s1. The van der Waals surface area contributed by atoms with E-state index in [1.54, 1.807) is 7.11 Å². The number of nitrogens with one attached hydrogen (secondary N) is 2. The summed E-state index contributed by atoms with van der Waals surface area (Å²) in [6.07, 6.45) is 8.83. The van der Waals surface area contributed by atoms with Crippen molar-refractivity contribution in [2.45, 2.75) is 38.6 Å². The van der Waals surface area contributed by atoms with Crippen LogP contribution < -0.4 is 15.4 Å². The van der Waals surface area contributed by atoms with Crippen molar-refractivity contribution < 1.29 is 9.53 Å². The molecule has 2 aromatic heterocycles. The summed E-state index contributed by atoms with van der Waals surface area (Å²) in [6, 6.07) is 11.2. The first kappa shape index (κ1) is 18.6. The van der Waals surface area contributed by atoms with Gasteiger partial charge in [0.2, 0.25) is 0 Å². The molecule has 6 heteroatoms. The summed E-state index contributed by atoms with van der Waals surface area (Å²) in [4.78, 5) is 14.1. The highest BCUT2D eigenvalue weighted by Crippen LogP contribution is 2.40. The molecule has 2 N–H and O–H groups in total. The lowest BCUT2D eigenvalue weighted by atomic mass is 9.93. The molecule has 1 aromatic carbocycles. The second kappa shape index (κ2) is 8.10. The van der Waals surface area contributed by atoms with E-state index < -0.39 is 0 Å². The number of nitrogens with zero attached hydrogens (tertiary/aromatic N) is 1. The van der Waals surface area contributed by atoms with E-state index in [4.69, 9.17) is 4.74 Å². The Bertz CT molecular complexity index is 962. The second-order valence-electron chi connectivity index (χ2n) is 7.07. The van der Waals surface area contributed by atoms with Gasteiger partial charge in [0, 0.05) is 34.6 Å². The number of aryl methyl sites for hydroxylation is 1. The van der Waals surface area contributed by atoms with Crippen molar-refractivity contribution in [3.05, 3.63) is 64.8 Å². The van der Waals surface area contributed by atoms with Crippen LogP contribution in [0.5, 0.6) is 5.75 Å². The normalized spacial score (nSPS) is 14.2. The zero-order valence-electron chi connectivity index (χ0n) is 16.2. The number of fused-ring (bicyclic) bond motifs is 1. The fourth-order valence-corrected chi connectivity index (χ4v) is 5.27. The Morgan fingerprint density at radius 3 is 2.75 bits per heavy atom. The number of hydrogen-bond acceptors (Lipinski definition) is 3. The fraction of sp³-hybridized carbons (Fsp3) is 0.318. The van der Waals surface area contributed by atoms with Crippen LogP contribution in [-0.2, 0) is 12.8 Å². The van der Waals surface area contributed by atoms with E-state index in [-0.39, 0.29) is 12.1 Å². The summed E-state index contributed by atoms with van der Waals surface area (Å²) < 4.78 is 7.39. The van der Waals surface area contributed by atoms with Crippen molar-refractivity contribution in [3.63, 3.8) is 0 Å². The van der Waals surface area contributed by atoms with Crippen molar-refractivity contribution in [1.29, 1.82) is 0 Å². The van der Waals surface area contributed by atoms with E-state index in [2.05, 4.69) is 34.5 Å². The Morgan fingerprint density at radius 1 is 1.18 bits per heavy atom. The maximum absolute atomic E-state index is 12.6. The second-order valence-corrected chi connectivity index (χ2v) is 8.16. The summed E-state index contributed by atoms with van der Waals surface area (Å²) in [7, 11) is 1.61. The average molecular weight is 396 g/mol. The number of aromatic nitrogens is 1. The number of thiophene rings is 1. The van der Waals surface area contributed by atoms with Crippen LogP contribution >= 0.6 is 11.3 Å². The number of rotatable bonds is 5. The molecule has 0 spiro atoms. The molecule has 1 aliphatic carbocycles. The molecule has 146 valence electrons. The molecular formula is C22H25N3O2S. The monoisotopic (exact) mass is 395 g/mol. The number of hydrogen-bond donors (Lipinski definition) is 2. The van der Waals surface area contributed by atoms with Gasteiger partial charge in [-0.2, -0.15) is 0 Å². The molecule has 4 rings (SSSR count). The Morgan fingerprint density at radius 2 is 1.96 bits per heavy atom. The highest BCUT2D eigenvalue weighted by molar-refractivity contribution is 7.15. The number of carbonyl (C=O) groups excluding carboxylic acids is 1. The first-order valence-corrected chi connectivity index (χ1v) is 10.5. The predicted molar refractivity (Wildman–Crippen MR) is 114 cm³/mol. The smallest absolute Gasteiger partial charge is 0.319 e. The zero-order chi connectivity index (χ0) is 19.5. The SMILES string of the molecule is COc1cccc(NC(=O)N[C@H](C)c2c(-n3cccc3)sc3c2CCCC3)c1. The van der Waals surface area contributed by atoms with Crippen molar-refractivity contribution in [2.24, 2.45) is 0 Å². The van der Waals surface area contributed by atoms with Gasteiger partial charge in [0.25, 0.3) is 0 Å². The van der Waals surface area contributed by atoms with E-state index in [1.807, 2.05) is 47.7 Å². The highest BCUT2D eigenvalue weighted by Gasteiger charge is 2.25. The number of carbonyl (C=O) groups is 1. The van der Waals surface area contributed by atoms with Gasteiger partial charge in [-0.3, -0.25) is 0 Å². The van der Waals surface area contributed by atoms with Gasteiger partial charge in [-0.15, -0.1) is 11.3 Å². The fourth-order valence-electron chi connectivity index (χ4n) is 3.82. The van der Waals surface area contributed by atoms with Crippen LogP contribution in [0.3, 0.4) is 0 Å². The minimum absolute atomic E-state index is 0.0823. The Balaban J connectivity index is 1.56. The summed E-state index contributed by atoms with van der Waals surface area (Å²) in [5.74, 6) is 0.715. The van der Waals surface area contributed by atoms with Crippen LogP contribution in [-0.4, -0.2) is 17.7 Å². The van der Waals surface area contributed by atoms with Crippen LogP contribution in [0, 0.1) is 0 Å². The first-order chi connectivity index (χ1) is 13.7. The predicted octanol–water partition coefficient (Wildman–Crippen LogP) is 5.31. The van der Waals surface area contributed by atoms with Crippen molar-refractivity contribution in [3.8, 4) is 10.8 Å². The third-order valence-corrected chi connectivity index (χ3v) is 6.46. The Kier molecular flexibility index (Phi) is 5.39. The quantitative estimate of drug-likeness (QED) is 0.615. The van der Waals surface area contributed by atoms with E-state index in [9.17, 15) is 4.79 Å². The third-order valence-electron chi connectivity index (χ3n) is 5.14. The molecule has 5 nitrogen and oxygen atoms in total. The van der Waals surface area contributed by atoms with Crippen LogP contribution in [0.15, 0.2) is 48.8 Å². The lowest BCUT2D eigenvalue weighted by Crippen LogP contribution is -2.32. The molecule has 2 heterocycles. The maximum Gasteiger partial charge on any atom is 0.319 e. The lowest BCUT2D eigenvalue weighted by molar-refractivity contribution is 0.249. The first-order valence-electron chi connectivity index (χ1n) is 9.65. The lowest BCUT2D eigenvalue weighted by Gasteiger charge is -2.20. The van der Waals surface area contributed by atoms with Gasteiger partial charge < -0.3 is 19.9 Å². The molecule has 3 aromatic rings. The van der Waals surface area contributed by atoms with E-state index in [0.29, 0.717) is 11.4 Å². The van der Waals surface area contributed by atoms with Gasteiger partial charge in [-0.05, 0) is 62.4 Å². The number of ether oxygens (including phenoxy) is 1. The van der Waals surface area contributed by atoms with E-state index in [0.717, 1.165) is 12.8 Å². The Labute approximate surface area is 169 Å². The Hall–Kier alpha value is -2.73. The largest absolute Gasteiger partial charge is 0.497 e. The van der Waals surface area contributed by atoms with Gasteiger partial charge in [0.05, 0.1) is 13.2 Å². The summed E-state index contributed by atoms with van der Waals surface area (Å²) in [5, 5.41) is 7.25. The molecule has 1 aliphatic rings. The molecule has 0 saturated heterocycles. The third kappa shape index (κ3) is 3.78. The zero-order valence-corrected chi connectivity index (χ0v) is 17.0. The molecule has 1 atom stereocenters. The van der Waals surface area contributed by atoms with Gasteiger partial charge >= 0.3 is 6.03 Å². The van der Waals surface area contributed by atoms with Gasteiger partial charge in [-0.1, -0.05) is 6.07 Å². The van der Waals surface area contributed by atoms with Gasteiger partial charge in [-0.25, -0.2) is 4.79 Å². The topological polar surface area (TPSA) is 55.3 Å². The van der Waals surface area contributed by atoms with Crippen molar-refractivity contribution >= 4 is 23.1 Å². The summed E-state index contributed by atoms with van der Waals surface area (Å²) in [5.41, 5.74) is 3.38. The van der Waals surface area contributed by atoms with Gasteiger partial charge in [0.1, 0.15) is 10.8 Å². The van der Waals surface area contributed by atoms with Gasteiger partial charge in [0.15, 0.2) is 0 Å². The average Bonchev–Trinajstić information content (AvgIpc) is 3.35. The number of benzene rings is 1. The molecular weight excluding hydrogens is 370 g/mol. The molecule has 0 unspecified atom stereocenters. The number of amides is 2. The van der Waals surface area contributed by atoms with Crippen LogP contribution in [0.25, 0.3) is 5.00 Å². The number of methoxy groups -OCH3 is 1. The highest BCUT2D eigenvalue weighted by atomic mass is 32.1. The minimum atomic E-state index is -0.213. The molecule has 0 bridgehead atoms. The molecule has 0 saturated carbocycles.